The molecule has 2 aromatic rings. The Bertz CT molecular complexity index is 766. The van der Waals surface area contributed by atoms with Gasteiger partial charge in [-0.3, -0.25) is 6.29 Å². The van der Waals surface area contributed by atoms with E-state index in [1.54, 1.807) is 0 Å². The van der Waals surface area contributed by atoms with Crippen LogP contribution in [0.25, 0.3) is 11.0 Å². The van der Waals surface area contributed by atoms with Crippen molar-refractivity contribution in [2.75, 3.05) is 5.73 Å². The Kier molecular flexibility index (Phi) is 4.38. The van der Waals surface area contributed by atoms with Crippen LogP contribution in [0.3, 0.4) is 0 Å². The zero-order valence-electron chi connectivity index (χ0n) is 11.9. The quantitative estimate of drug-likeness (QED) is 0.440. The maximum absolute atomic E-state index is 12.0. The molecule has 1 aliphatic carbocycles. The summed E-state index contributed by atoms with van der Waals surface area (Å²) in [7, 11) is 0. The molecule has 0 spiro atoms. The molecule has 1 aromatic carbocycles. The average Bonchev–Trinajstić information content (AvgIpc) is 2.36. The van der Waals surface area contributed by atoms with Crippen molar-refractivity contribution in [3.63, 3.8) is 0 Å². The maximum Gasteiger partial charge on any atom is 0.339 e. The first-order chi connectivity index (χ1) is 9.54. The minimum atomic E-state index is -0.278. The van der Waals surface area contributed by atoms with Gasteiger partial charge in [0.15, 0.2) is 0 Å². The SMILES string of the molecule is Cc1c(N)ccc2c3c(c(=O)oc12)CC3C(C)C[C-]=O.[W]. The molecule has 5 heteroatoms. The number of rotatable bonds is 3. The van der Waals surface area contributed by atoms with Gasteiger partial charge in [0.05, 0.1) is 0 Å². The van der Waals surface area contributed by atoms with Crippen molar-refractivity contribution >= 4 is 22.9 Å². The van der Waals surface area contributed by atoms with E-state index in [1.165, 1.54) is 0 Å². The Morgan fingerprint density at radius 1 is 1.48 bits per heavy atom. The second-order valence-electron chi connectivity index (χ2n) is 5.57. The zero-order chi connectivity index (χ0) is 14.4. The van der Waals surface area contributed by atoms with Crippen molar-refractivity contribution in [2.45, 2.75) is 32.6 Å². The van der Waals surface area contributed by atoms with Gasteiger partial charge in [-0.2, -0.15) is 0 Å². The number of carbonyl (C=O) groups excluding carboxylic acids is 1. The molecule has 0 aliphatic heterocycles. The monoisotopic (exact) mass is 454 g/mol. The van der Waals surface area contributed by atoms with Gasteiger partial charge >= 0.3 is 5.63 Å². The summed E-state index contributed by atoms with van der Waals surface area (Å²) < 4.78 is 5.41. The Morgan fingerprint density at radius 2 is 2.19 bits per heavy atom. The molecular weight excluding hydrogens is 438 g/mol. The fourth-order valence-corrected chi connectivity index (χ4v) is 3.04. The Hall–Kier alpha value is -1.41. The first-order valence-electron chi connectivity index (χ1n) is 6.74. The molecule has 1 aromatic heterocycles. The third-order valence-corrected chi connectivity index (χ3v) is 4.39. The van der Waals surface area contributed by atoms with Crippen molar-refractivity contribution in [3.8, 4) is 0 Å². The van der Waals surface area contributed by atoms with Gasteiger partial charge in [-0.1, -0.05) is 12.8 Å². The Labute approximate surface area is 137 Å². The van der Waals surface area contributed by atoms with E-state index >= 15 is 0 Å². The number of hydrogen-bond acceptors (Lipinski definition) is 4. The number of hydrogen-bond donors (Lipinski definition) is 1. The first-order valence-corrected chi connectivity index (χ1v) is 6.74. The summed E-state index contributed by atoms with van der Waals surface area (Å²) in [5.41, 5.74) is 9.34. The van der Waals surface area contributed by atoms with Crippen LogP contribution in [-0.2, 0) is 32.3 Å². The van der Waals surface area contributed by atoms with Gasteiger partial charge in [0.1, 0.15) is 5.58 Å². The summed E-state index contributed by atoms with van der Waals surface area (Å²) >= 11 is 0. The molecule has 2 unspecified atom stereocenters. The van der Waals surface area contributed by atoms with E-state index in [4.69, 9.17) is 10.2 Å². The summed E-state index contributed by atoms with van der Waals surface area (Å²) in [6.07, 6.45) is 3.03. The molecule has 0 saturated heterocycles. The van der Waals surface area contributed by atoms with Crippen LogP contribution >= 0.6 is 0 Å². The van der Waals surface area contributed by atoms with E-state index in [1.807, 2.05) is 32.3 Å². The average molecular weight is 454 g/mol. The van der Waals surface area contributed by atoms with E-state index in [0.29, 0.717) is 24.1 Å². The summed E-state index contributed by atoms with van der Waals surface area (Å²) in [6.45, 7) is 3.87. The molecular formula is C16H16NO3W-. The van der Waals surface area contributed by atoms with Crippen LogP contribution in [0.2, 0.25) is 0 Å². The van der Waals surface area contributed by atoms with Gasteiger partial charge in [-0.25, -0.2) is 4.79 Å². The fourth-order valence-electron chi connectivity index (χ4n) is 3.04. The summed E-state index contributed by atoms with van der Waals surface area (Å²) in [5, 5.41) is 0.945. The molecule has 1 heterocycles. The van der Waals surface area contributed by atoms with Crippen LogP contribution in [0.1, 0.15) is 36.0 Å². The molecule has 110 valence electrons. The number of fused-ring (bicyclic) bond motifs is 3. The minimum absolute atomic E-state index is 0. The molecule has 0 amide bonds. The number of nitrogens with two attached hydrogens (primary N) is 1. The normalized spacial score (nSPS) is 17.5. The van der Waals surface area contributed by atoms with Crippen LogP contribution in [0, 0.1) is 12.8 Å². The van der Waals surface area contributed by atoms with Crippen molar-refractivity contribution < 1.29 is 30.3 Å². The predicted octanol–water partition coefficient (Wildman–Crippen LogP) is 2.46. The number of aryl methyl sites for hydroxylation is 1. The summed E-state index contributed by atoms with van der Waals surface area (Å²) in [4.78, 5) is 22.6. The standard InChI is InChI=1S/C16H16NO3.W/c1-8(5-6-18)11-7-12-14(11)10-3-4-13(17)9(2)15(10)20-16(12)19;/h3-4,8,11H,5,7,17H2,1-2H3;/q-1;. The molecule has 0 bridgehead atoms. The van der Waals surface area contributed by atoms with E-state index in [0.717, 1.165) is 22.1 Å². The predicted molar refractivity (Wildman–Crippen MR) is 77.6 cm³/mol. The number of nitrogen functional groups attached to an aromatic ring is 1. The summed E-state index contributed by atoms with van der Waals surface area (Å²) in [5.74, 6) is 0.406. The Morgan fingerprint density at radius 3 is 2.86 bits per heavy atom. The topological polar surface area (TPSA) is 73.3 Å². The maximum atomic E-state index is 12.0. The number of anilines is 1. The van der Waals surface area contributed by atoms with Gasteiger partial charge < -0.3 is 14.9 Å². The molecule has 0 radical (unpaired) electrons. The van der Waals surface area contributed by atoms with E-state index in [2.05, 4.69) is 0 Å². The molecule has 0 fully saturated rings. The third kappa shape index (κ3) is 2.36. The van der Waals surface area contributed by atoms with Gasteiger partial charge in [0, 0.05) is 43.3 Å². The van der Waals surface area contributed by atoms with Crippen LogP contribution in [0.4, 0.5) is 5.69 Å². The minimum Gasteiger partial charge on any atom is -0.542 e. The van der Waals surface area contributed by atoms with Crippen LogP contribution in [0.15, 0.2) is 21.3 Å². The van der Waals surface area contributed by atoms with Crippen molar-refractivity contribution in [1.29, 1.82) is 0 Å². The van der Waals surface area contributed by atoms with E-state index in [-0.39, 0.29) is 38.5 Å². The second-order valence-corrected chi connectivity index (χ2v) is 5.57. The molecule has 3 rings (SSSR count). The zero-order valence-corrected chi connectivity index (χ0v) is 14.9. The smallest absolute Gasteiger partial charge is 0.339 e. The molecule has 0 saturated carbocycles. The Balaban J connectivity index is 0.00000161. The van der Waals surface area contributed by atoms with Crippen molar-refractivity contribution in [1.82, 2.24) is 0 Å². The number of benzene rings is 1. The van der Waals surface area contributed by atoms with Crippen LogP contribution < -0.4 is 11.4 Å². The molecule has 4 nitrogen and oxygen atoms in total. The largest absolute Gasteiger partial charge is 0.542 e. The van der Waals surface area contributed by atoms with Gasteiger partial charge in [-0.15, -0.1) is 6.42 Å². The van der Waals surface area contributed by atoms with Crippen molar-refractivity contribution in [3.05, 3.63) is 39.2 Å². The molecule has 1 aliphatic rings. The van der Waals surface area contributed by atoms with Gasteiger partial charge in [0.2, 0.25) is 0 Å². The summed E-state index contributed by atoms with van der Waals surface area (Å²) in [6, 6.07) is 3.74. The van der Waals surface area contributed by atoms with Gasteiger partial charge in [-0.05, 0) is 37.0 Å². The van der Waals surface area contributed by atoms with Crippen molar-refractivity contribution in [2.24, 2.45) is 5.92 Å². The molecule has 2 N–H and O–H groups in total. The first kappa shape index (κ1) is 16.0. The molecule has 21 heavy (non-hydrogen) atoms. The van der Waals surface area contributed by atoms with Crippen LogP contribution in [0.5, 0.6) is 0 Å². The van der Waals surface area contributed by atoms with Gasteiger partial charge in [0.25, 0.3) is 0 Å². The molecule has 2 atom stereocenters. The van der Waals surface area contributed by atoms with E-state index in [9.17, 15) is 9.59 Å². The fraction of sp³-hybridized carbons (Fsp3) is 0.375. The second kappa shape index (κ2) is 5.76. The van der Waals surface area contributed by atoms with E-state index < -0.39 is 0 Å². The third-order valence-electron chi connectivity index (χ3n) is 4.39. The van der Waals surface area contributed by atoms with Crippen LogP contribution in [-0.4, -0.2) is 6.29 Å².